The molecule has 0 saturated carbocycles. The van der Waals surface area contributed by atoms with Gasteiger partial charge in [0.15, 0.2) is 0 Å². The lowest BCUT2D eigenvalue weighted by atomic mass is 10.0. The van der Waals surface area contributed by atoms with Gasteiger partial charge in [-0.3, -0.25) is 0 Å². The molecule has 0 saturated heterocycles. The Morgan fingerprint density at radius 2 is 1.29 bits per heavy atom. The minimum atomic E-state index is -3.33. The number of methoxy groups -OCH3 is 1. The maximum Gasteiger partial charge on any atom is 0.211 e. The van der Waals surface area contributed by atoms with E-state index in [1.165, 1.54) is 83.5 Å². The van der Waals surface area contributed by atoms with Crippen molar-refractivity contribution in [2.75, 3.05) is 32.0 Å². The highest BCUT2D eigenvalue weighted by Gasteiger charge is 2.22. The van der Waals surface area contributed by atoms with Gasteiger partial charge in [-0.2, -0.15) is 0 Å². The summed E-state index contributed by atoms with van der Waals surface area (Å²) in [5, 5.41) is 0. The van der Waals surface area contributed by atoms with Crippen LogP contribution in [0, 0.1) is 0 Å². The lowest BCUT2D eigenvalue weighted by molar-refractivity contribution is -0.00525. The molecule has 0 amide bonds. The predicted molar refractivity (Wildman–Crippen MR) is 134 cm³/mol. The second-order valence-electron chi connectivity index (χ2n) is 8.71. The summed E-state index contributed by atoms with van der Waals surface area (Å²) in [4.78, 5) is 0. The minimum absolute atomic E-state index is 0.0389. The lowest BCUT2D eigenvalue weighted by Gasteiger charge is -2.23. The fourth-order valence-corrected chi connectivity index (χ4v) is 5.33. The summed E-state index contributed by atoms with van der Waals surface area (Å²) < 4.78 is 37.7. The molecule has 0 radical (unpaired) electrons. The number of hydrogen-bond acceptors (Lipinski definition) is 4. The first-order valence-corrected chi connectivity index (χ1v) is 14.8. The first kappa shape index (κ1) is 31.1. The fraction of sp³-hybridized carbons (Fsp3) is 1.00. The second kappa shape index (κ2) is 21.9. The summed E-state index contributed by atoms with van der Waals surface area (Å²) >= 11 is 5.58. The molecule has 31 heavy (non-hydrogen) atoms. The largest absolute Gasteiger partial charge is 0.379 e. The summed E-state index contributed by atoms with van der Waals surface area (Å²) in [6.45, 7) is 5.17. The second-order valence-corrected chi connectivity index (χ2v) is 11.0. The van der Waals surface area contributed by atoms with Gasteiger partial charge in [0.2, 0.25) is 10.0 Å². The van der Waals surface area contributed by atoms with Crippen molar-refractivity contribution < 1.29 is 17.9 Å². The Balaban J connectivity index is 3.55. The van der Waals surface area contributed by atoms with Crippen molar-refractivity contribution in [2.45, 2.75) is 122 Å². The summed E-state index contributed by atoms with van der Waals surface area (Å²) in [6.07, 6.45) is 18.9. The number of halogens is 1. The summed E-state index contributed by atoms with van der Waals surface area (Å²) in [5.74, 6) is 0.377. The molecule has 0 fully saturated rings. The van der Waals surface area contributed by atoms with Crippen LogP contribution in [0.15, 0.2) is 0 Å². The number of rotatable bonds is 24. The van der Waals surface area contributed by atoms with Crippen LogP contribution in [0.2, 0.25) is 0 Å². The van der Waals surface area contributed by atoms with Gasteiger partial charge in [-0.15, -0.1) is 11.6 Å². The predicted octanol–water partition coefficient (Wildman–Crippen LogP) is 6.44. The average Bonchev–Trinajstić information content (AvgIpc) is 2.74. The van der Waals surface area contributed by atoms with Gasteiger partial charge in [-0.25, -0.2) is 13.1 Å². The SMILES string of the molecule is CCCCCCCCCCCCCCCCOCC(OC)C(C)NS(=O)(=O)CCCCl. The fourth-order valence-electron chi connectivity index (χ4n) is 3.68. The summed E-state index contributed by atoms with van der Waals surface area (Å²) in [5.41, 5.74) is 0. The summed E-state index contributed by atoms with van der Waals surface area (Å²) in [7, 11) is -1.74. The molecule has 0 rings (SSSR count). The smallest absolute Gasteiger partial charge is 0.211 e. The molecule has 5 nitrogen and oxygen atoms in total. The van der Waals surface area contributed by atoms with E-state index in [1.54, 1.807) is 7.11 Å². The van der Waals surface area contributed by atoms with E-state index in [9.17, 15) is 8.42 Å². The topological polar surface area (TPSA) is 64.6 Å². The highest BCUT2D eigenvalue weighted by Crippen LogP contribution is 2.13. The molecular weight excluding hydrogens is 434 g/mol. The molecular formula is C24H50ClNO4S. The van der Waals surface area contributed by atoms with Gasteiger partial charge < -0.3 is 9.47 Å². The van der Waals surface area contributed by atoms with Gasteiger partial charge in [-0.05, 0) is 19.8 Å². The number of nitrogens with one attached hydrogen (secondary N) is 1. The van der Waals surface area contributed by atoms with Crippen molar-refractivity contribution in [1.29, 1.82) is 0 Å². The Bertz CT molecular complexity index is 476. The molecule has 0 aromatic heterocycles. The number of sulfonamides is 1. The van der Waals surface area contributed by atoms with Gasteiger partial charge in [0.25, 0.3) is 0 Å². The van der Waals surface area contributed by atoms with Crippen molar-refractivity contribution in [3.05, 3.63) is 0 Å². The van der Waals surface area contributed by atoms with Crippen LogP contribution >= 0.6 is 11.6 Å². The molecule has 2 atom stereocenters. The quantitative estimate of drug-likeness (QED) is 0.127. The van der Waals surface area contributed by atoms with Gasteiger partial charge >= 0.3 is 0 Å². The van der Waals surface area contributed by atoms with Crippen LogP contribution in [0.4, 0.5) is 0 Å². The van der Waals surface area contributed by atoms with E-state index in [0.717, 1.165) is 6.42 Å². The highest BCUT2D eigenvalue weighted by molar-refractivity contribution is 7.89. The Hall–Kier alpha value is 0.120. The van der Waals surface area contributed by atoms with Crippen LogP contribution in [0.1, 0.15) is 110 Å². The number of hydrogen-bond donors (Lipinski definition) is 1. The maximum atomic E-state index is 12.0. The van der Waals surface area contributed by atoms with E-state index in [2.05, 4.69) is 11.6 Å². The van der Waals surface area contributed by atoms with Crippen molar-refractivity contribution in [2.24, 2.45) is 0 Å². The zero-order chi connectivity index (χ0) is 23.2. The zero-order valence-corrected chi connectivity index (χ0v) is 22.1. The van der Waals surface area contributed by atoms with Gasteiger partial charge in [-0.1, -0.05) is 90.4 Å². The number of ether oxygens (including phenoxy) is 2. The van der Waals surface area contributed by atoms with E-state index in [-0.39, 0.29) is 17.9 Å². The molecule has 0 aromatic carbocycles. The van der Waals surface area contributed by atoms with E-state index in [4.69, 9.17) is 21.1 Å². The van der Waals surface area contributed by atoms with Crippen LogP contribution in [-0.4, -0.2) is 52.5 Å². The van der Waals surface area contributed by atoms with Crippen LogP contribution in [0.3, 0.4) is 0 Å². The van der Waals surface area contributed by atoms with Crippen molar-refractivity contribution in [1.82, 2.24) is 4.72 Å². The lowest BCUT2D eigenvalue weighted by Crippen LogP contribution is -2.45. The normalized spacial score (nSPS) is 14.1. The Morgan fingerprint density at radius 3 is 1.74 bits per heavy atom. The zero-order valence-electron chi connectivity index (χ0n) is 20.5. The first-order valence-electron chi connectivity index (χ1n) is 12.6. The Labute approximate surface area is 198 Å². The molecule has 0 aliphatic carbocycles. The van der Waals surface area contributed by atoms with Crippen LogP contribution in [0.5, 0.6) is 0 Å². The van der Waals surface area contributed by atoms with Gasteiger partial charge in [0.05, 0.1) is 18.5 Å². The molecule has 7 heteroatoms. The molecule has 0 bridgehead atoms. The third-order valence-electron chi connectivity index (χ3n) is 5.70. The van der Waals surface area contributed by atoms with E-state index < -0.39 is 10.0 Å². The maximum absolute atomic E-state index is 12.0. The third-order valence-corrected chi connectivity index (χ3v) is 7.52. The molecule has 188 valence electrons. The molecule has 0 aliphatic rings. The van der Waals surface area contributed by atoms with E-state index in [1.807, 2.05) is 6.92 Å². The third kappa shape index (κ3) is 20.5. The van der Waals surface area contributed by atoms with Crippen molar-refractivity contribution in [3.63, 3.8) is 0 Å². The molecule has 0 aliphatic heterocycles. The number of unbranched alkanes of at least 4 members (excludes halogenated alkanes) is 13. The van der Waals surface area contributed by atoms with Crippen molar-refractivity contribution in [3.8, 4) is 0 Å². The molecule has 0 heterocycles. The summed E-state index contributed by atoms with van der Waals surface area (Å²) in [6, 6.07) is -0.332. The van der Waals surface area contributed by atoms with Crippen LogP contribution in [-0.2, 0) is 19.5 Å². The van der Waals surface area contributed by atoms with Crippen LogP contribution < -0.4 is 4.72 Å². The standard InChI is InChI=1S/C24H50ClNO4S/c1-4-5-6-7-8-9-10-11-12-13-14-15-16-17-20-30-22-24(29-3)23(2)26-31(27,28)21-18-19-25/h23-24,26H,4-22H2,1-3H3. The Morgan fingerprint density at radius 1 is 0.806 bits per heavy atom. The molecule has 2 unspecified atom stereocenters. The van der Waals surface area contributed by atoms with E-state index >= 15 is 0 Å². The molecule has 0 spiro atoms. The molecule has 1 N–H and O–H groups in total. The highest BCUT2D eigenvalue weighted by atomic mass is 35.5. The van der Waals surface area contributed by atoms with E-state index in [0.29, 0.717) is 25.5 Å². The Kier molecular flexibility index (Phi) is 22.0. The minimum Gasteiger partial charge on any atom is -0.379 e. The van der Waals surface area contributed by atoms with Gasteiger partial charge in [0.1, 0.15) is 0 Å². The number of alkyl halides is 1. The first-order chi connectivity index (χ1) is 15.0. The monoisotopic (exact) mass is 483 g/mol. The van der Waals surface area contributed by atoms with Crippen LogP contribution in [0.25, 0.3) is 0 Å². The van der Waals surface area contributed by atoms with Crippen molar-refractivity contribution >= 4 is 21.6 Å². The van der Waals surface area contributed by atoms with Gasteiger partial charge in [0, 0.05) is 25.6 Å². The molecule has 0 aromatic rings. The average molecular weight is 484 g/mol.